The van der Waals surface area contributed by atoms with Crippen LogP contribution in [0.2, 0.25) is 0 Å². The molecule has 3 aromatic rings. The zero-order valence-corrected chi connectivity index (χ0v) is 12.0. The third-order valence-corrected chi connectivity index (χ3v) is 4.08. The lowest BCUT2D eigenvalue weighted by Crippen LogP contribution is -2.01. The lowest BCUT2D eigenvalue weighted by Gasteiger charge is -2.10. The molecule has 2 heterocycles. The fraction of sp³-hybridized carbons (Fsp3) is 0.267. The van der Waals surface area contributed by atoms with E-state index in [-0.39, 0.29) is 0 Å². The minimum absolute atomic E-state index is 0.666. The quantitative estimate of drug-likeness (QED) is 0.800. The third kappa shape index (κ3) is 2.42. The van der Waals surface area contributed by atoms with Crippen LogP contribution in [0.4, 0.5) is 0 Å². The molecule has 0 radical (unpaired) electrons. The number of fused-ring (bicyclic) bond motifs is 1. The highest BCUT2D eigenvalue weighted by molar-refractivity contribution is 7.05. The standard InChI is InChI=1S/C15H15N3OS/c1-2-4-13-15(20-18-17-13)14(19)11-6-7-12-10(9-11)5-3-8-16-12/h3,5-9,14,19H,2,4H2,1H3. The van der Waals surface area contributed by atoms with Crippen LogP contribution in [0.3, 0.4) is 0 Å². The first-order chi connectivity index (χ1) is 9.79. The van der Waals surface area contributed by atoms with Crippen LogP contribution < -0.4 is 0 Å². The topological polar surface area (TPSA) is 58.9 Å². The van der Waals surface area contributed by atoms with Crippen molar-refractivity contribution < 1.29 is 5.11 Å². The van der Waals surface area contributed by atoms with Gasteiger partial charge in [-0.3, -0.25) is 4.98 Å². The Morgan fingerprint density at radius 2 is 2.20 bits per heavy atom. The van der Waals surface area contributed by atoms with Crippen molar-refractivity contribution in [2.45, 2.75) is 25.9 Å². The summed E-state index contributed by atoms with van der Waals surface area (Å²) in [6.45, 7) is 2.09. The van der Waals surface area contributed by atoms with Crippen LogP contribution in [-0.2, 0) is 6.42 Å². The van der Waals surface area contributed by atoms with E-state index in [0.717, 1.165) is 39.9 Å². The molecule has 1 unspecified atom stereocenters. The van der Waals surface area contributed by atoms with Gasteiger partial charge in [0.1, 0.15) is 6.10 Å². The molecular formula is C15H15N3OS. The molecule has 2 aromatic heterocycles. The minimum atomic E-state index is -0.666. The number of aromatic nitrogens is 3. The van der Waals surface area contributed by atoms with E-state index in [4.69, 9.17) is 0 Å². The summed E-state index contributed by atoms with van der Waals surface area (Å²) in [4.78, 5) is 5.13. The van der Waals surface area contributed by atoms with Gasteiger partial charge in [-0.25, -0.2) is 0 Å². The Balaban J connectivity index is 1.99. The zero-order chi connectivity index (χ0) is 13.9. The monoisotopic (exact) mass is 285 g/mol. The van der Waals surface area contributed by atoms with Crippen molar-refractivity contribution >= 4 is 22.4 Å². The van der Waals surface area contributed by atoms with Gasteiger partial charge in [-0.2, -0.15) is 0 Å². The highest BCUT2D eigenvalue weighted by atomic mass is 32.1. The average molecular weight is 285 g/mol. The molecule has 0 bridgehead atoms. The predicted molar refractivity (Wildman–Crippen MR) is 79.7 cm³/mol. The number of hydrogen-bond donors (Lipinski definition) is 1. The molecule has 5 heteroatoms. The maximum Gasteiger partial charge on any atom is 0.117 e. The van der Waals surface area contributed by atoms with Crippen molar-refractivity contribution in [3.63, 3.8) is 0 Å². The summed E-state index contributed by atoms with van der Waals surface area (Å²) in [6, 6.07) is 9.71. The van der Waals surface area contributed by atoms with Gasteiger partial charge < -0.3 is 5.11 Å². The number of benzene rings is 1. The van der Waals surface area contributed by atoms with Crippen LogP contribution in [-0.4, -0.2) is 19.7 Å². The molecule has 0 aliphatic heterocycles. The summed E-state index contributed by atoms with van der Waals surface area (Å²) >= 11 is 1.27. The molecule has 1 atom stereocenters. The first-order valence-corrected chi connectivity index (χ1v) is 7.41. The highest BCUT2D eigenvalue weighted by Crippen LogP contribution is 2.29. The van der Waals surface area contributed by atoms with Crippen molar-refractivity contribution in [2.24, 2.45) is 0 Å². The van der Waals surface area contributed by atoms with E-state index in [0.29, 0.717) is 0 Å². The molecule has 3 rings (SSSR count). The van der Waals surface area contributed by atoms with Gasteiger partial charge in [0.05, 0.1) is 16.1 Å². The molecule has 0 saturated carbocycles. The van der Waals surface area contributed by atoms with Crippen LogP contribution in [0.5, 0.6) is 0 Å². The molecule has 20 heavy (non-hydrogen) atoms. The molecule has 0 fully saturated rings. The Morgan fingerprint density at radius 1 is 1.30 bits per heavy atom. The van der Waals surface area contributed by atoms with Gasteiger partial charge in [0.25, 0.3) is 0 Å². The van der Waals surface area contributed by atoms with E-state index in [1.54, 1.807) is 6.20 Å². The van der Waals surface area contributed by atoms with E-state index >= 15 is 0 Å². The lowest BCUT2D eigenvalue weighted by atomic mass is 10.0. The van der Waals surface area contributed by atoms with Gasteiger partial charge in [0.2, 0.25) is 0 Å². The van der Waals surface area contributed by atoms with Crippen LogP contribution in [0.1, 0.15) is 35.6 Å². The van der Waals surface area contributed by atoms with E-state index in [2.05, 4.69) is 21.5 Å². The fourth-order valence-corrected chi connectivity index (χ4v) is 2.96. The minimum Gasteiger partial charge on any atom is -0.383 e. The summed E-state index contributed by atoms with van der Waals surface area (Å²) in [5.41, 5.74) is 2.69. The highest BCUT2D eigenvalue weighted by Gasteiger charge is 2.18. The Kier molecular flexibility index (Phi) is 3.71. The summed E-state index contributed by atoms with van der Waals surface area (Å²) < 4.78 is 3.97. The predicted octanol–water partition coefficient (Wildman–Crippen LogP) is 3.12. The summed E-state index contributed by atoms with van der Waals surface area (Å²) in [6.07, 6.45) is 2.94. The SMILES string of the molecule is CCCc1nnsc1C(O)c1ccc2ncccc2c1. The molecule has 0 aliphatic rings. The molecule has 0 spiro atoms. The Bertz CT molecular complexity index is 726. The molecule has 0 amide bonds. The number of hydrogen-bond acceptors (Lipinski definition) is 5. The van der Waals surface area contributed by atoms with Crippen molar-refractivity contribution in [3.8, 4) is 0 Å². The molecule has 102 valence electrons. The van der Waals surface area contributed by atoms with Gasteiger partial charge in [-0.15, -0.1) is 5.10 Å². The average Bonchev–Trinajstić information content (AvgIpc) is 2.94. The van der Waals surface area contributed by atoms with E-state index in [1.165, 1.54) is 11.5 Å². The normalized spacial score (nSPS) is 12.7. The van der Waals surface area contributed by atoms with E-state index in [1.807, 2.05) is 30.3 Å². The van der Waals surface area contributed by atoms with Gasteiger partial charge in [-0.1, -0.05) is 30.0 Å². The van der Waals surface area contributed by atoms with Crippen LogP contribution in [0.15, 0.2) is 36.5 Å². The van der Waals surface area contributed by atoms with Crippen molar-refractivity contribution in [3.05, 3.63) is 52.7 Å². The summed E-state index contributed by atoms with van der Waals surface area (Å²) in [5, 5.41) is 15.7. The second-order valence-corrected chi connectivity index (χ2v) is 5.48. The molecule has 0 saturated heterocycles. The second kappa shape index (κ2) is 5.64. The summed E-state index contributed by atoms with van der Waals surface area (Å²) in [7, 11) is 0. The second-order valence-electron chi connectivity index (χ2n) is 4.69. The smallest absolute Gasteiger partial charge is 0.117 e. The lowest BCUT2D eigenvalue weighted by molar-refractivity contribution is 0.223. The number of rotatable bonds is 4. The molecular weight excluding hydrogens is 270 g/mol. The van der Waals surface area contributed by atoms with Crippen molar-refractivity contribution in [1.29, 1.82) is 0 Å². The largest absolute Gasteiger partial charge is 0.383 e. The summed E-state index contributed by atoms with van der Waals surface area (Å²) in [5.74, 6) is 0. The number of pyridine rings is 1. The molecule has 4 nitrogen and oxygen atoms in total. The fourth-order valence-electron chi connectivity index (χ4n) is 2.25. The van der Waals surface area contributed by atoms with Gasteiger partial charge in [0.15, 0.2) is 0 Å². The third-order valence-electron chi connectivity index (χ3n) is 3.26. The molecule has 1 aromatic carbocycles. The zero-order valence-electron chi connectivity index (χ0n) is 11.2. The first-order valence-electron chi connectivity index (χ1n) is 6.63. The molecule has 0 aliphatic carbocycles. The maximum atomic E-state index is 10.6. The van der Waals surface area contributed by atoms with Gasteiger partial charge in [-0.05, 0) is 41.7 Å². The Labute approximate surface area is 121 Å². The van der Waals surface area contributed by atoms with Crippen molar-refractivity contribution in [2.75, 3.05) is 0 Å². The maximum absolute atomic E-state index is 10.6. The van der Waals surface area contributed by atoms with Gasteiger partial charge >= 0.3 is 0 Å². The van der Waals surface area contributed by atoms with Gasteiger partial charge in [0, 0.05) is 11.6 Å². The number of nitrogens with zero attached hydrogens (tertiary/aromatic N) is 3. The van der Waals surface area contributed by atoms with Crippen LogP contribution in [0, 0.1) is 0 Å². The van der Waals surface area contributed by atoms with E-state index < -0.39 is 6.10 Å². The van der Waals surface area contributed by atoms with Crippen LogP contribution >= 0.6 is 11.5 Å². The first kappa shape index (κ1) is 13.1. The van der Waals surface area contributed by atoms with Crippen LogP contribution in [0.25, 0.3) is 10.9 Å². The number of aryl methyl sites for hydroxylation is 1. The number of aliphatic hydroxyl groups is 1. The number of aliphatic hydroxyl groups excluding tert-OH is 1. The Hall–Kier alpha value is -1.85. The Morgan fingerprint density at radius 3 is 3.05 bits per heavy atom. The van der Waals surface area contributed by atoms with Crippen molar-refractivity contribution in [1.82, 2.24) is 14.6 Å². The molecule has 1 N–H and O–H groups in total. The van der Waals surface area contributed by atoms with E-state index in [9.17, 15) is 5.11 Å².